The molecule has 0 aliphatic carbocycles. The van der Waals surface area contributed by atoms with E-state index >= 15 is 0 Å². The topological polar surface area (TPSA) is 42.7 Å². The van der Waals surface area contributed by atoms with Crippen LogP contribution in [0, 0.1) is 6.92 Å². The van der Waals surface area contributed by atoms with Crippen molar-refractivity contribution in [3.05, 3.63) is 11.6 Å². The zero-order valence-electron chi connectivity index (χ0n) is 8.67. The molecule has 0 amide bonds. The Balaban J connectivity index is 2.69. The Labute approximate surface area is 79.4 Å². The van der Waals surface area contributed by atoms with Crippen LogP contribution in [0.15, 0.2) is 0 Å². The molecular formula is C9H18N4. The Kier molecular flexibility index (Phi) is 3.89. The highest BCUT2D eigenvalue weighted by molar-refractivity contribution is 4.94. The van der Waals surface area contributed by atoms with E-state index in [2.05, 4.69) is 27.0 Å². The highest BCUT2D eigenvalue weighted by atomic mass is 15.3. The van der Waals surface area contributed by atoms with Crippen LogP contribution >= 0.6 is 0 Å². The van der Waals surface area contributed by atoms with Gasteiger partial charge in [-0.2, -0.15) is 0 Å². The monoisotopic (exact) mass is 182 g/mol. The Morgan fingerprint density at radius 3 is 2.77 bits per heavy atom. The summed E-state index contributed by atoms with van der Waals surface area (Å²) < 4.78 is 2.18. The zero-order chi connectivity index (χ0) is 9.68. The number of nitrogens with zero attached hydrogens (tertiary/aromatic N) is 3. The maximum atomic E-state index is 4.14. The number of rotatable bonds is 5. The first-order valence-electron chi connectivity index (χ1n) is 4.82. The molecule has 1 aromatic heterocycles. The van der Waals surface area contributed by atoms with Crippen LogP contribution in [0.2, 0.25) is 0 Å². The summed E-state index contributed by atoms with van der Waals surface area (Å²) in [4.78, 5) is 0. The third-order valence-electron chi connectivity index (χ3n) is 2.07. The van der Waals surface area contributed by atoms with Gasteiger partial charge in [-0.1, -0.05) is 6.92 Å². The summed E-state index contributed by atoms with van der Waals surface area (Å²) in [6.07, 6.45) is 2.14. The number of nitrogens with one attached hydrogen (secondary N) is 1. The van der Waals surface area contributed by atoms with Gasteiger partial charge in [-0.25, -0.2) is 0 Å². The van der Waals surface area contributed by atoms with Crippen LogP contribution < -0.4 is 5.32 Å². The lowest BCUT2D eigenvalue weighted by atomic mass is 10.3. The van der Waals surface area contributed by atoms with Crippen molar-refractivity contribution in [2.24, 2.45) is 0 Å². The van der Waals surface area contributed by atoms with Gasteiger partial charge in [-0.15, -0.1) is 10.2 Å². The predicted octanol–water partition coefficient (Wildman–Crippen LogP) is 0.758. The second-order valence-electron chi connectivity index (χ2n) is 3.17. The minimum absolute atomic E-state index is 0.963. The van der Waals surface area contributed by atoms with Crippen LogP contribution in [0.4, 0.5) is 0 Å². The van der Waals surface area contributed by atoms with E-state index in [0.717, 1.165) is 37.6 Å². The van der Waals surface area contributed by atoms with Gasteiger partial charge in [0, 0.05) is 19.5 Å². The van der Waals surface area contributed by atoms with Crippen LogP contribution in [0.5, 0.6) is 0 Å². The number of likely N-dealkylation sites (N-methyl/N-ethyl adjacent to an activating group) is 1. The Hall–Kier alpha value is -0.900. The summed E-state index contributed by atoms with van der Waals surface area (Å²) in [5.41, 5.74) is 0. The average Bonchev–Trinajstić information content (AvgIpc) is 2.45. The Morgan fingerprint density at radius 1 is 1.38 bits per heavy atom. The maximum absolute atomic E-state index is 4.14. The minimum Gasteiger partial charge on any atom is -0.318 e. The minimum atomic E-state index is 0.963. The lowest BCUT2D eigenvalue weighted by molar-refractivity contribution is 0.598. The van der Waals surface area contributed by atoms with Crippen LogP contribution in [-0.4, -0.2) is 28.4 Å². The van der Waals surface area contributed by atoms with Crippen molar-refractivity contribution in [1.82, 2.24) is 20.1 Å². The van der Waals surface area contributed by atoms with E-state index < -0.39 is 0 Å². The number of hydrogen-bond acceptors (Lipinski definition) is 3. The van der Waals surface area contributed by atoms with E-state index in [1.165, 1.54) is 0 Å². The summed E-state index contributed by atoms with van der Waals surface area (Å²) in [5, 5.41) is 11.3. The molecule has 0 saturated heterocycles. The van der Waals surface area contributed by atoms with Crippen LogP contribution in [0.1, 0.15) is 25.0 Å². The first-order valence-corrected chi connectivity index (χ1v) is 4.82. The smallest absolute Gasteiger partial charge is 0.133 e. The lowest BCUT2D eigenvalue weighted by Crippen LogP contribution is -2.17. The molecule has 74 valence electrons. The molecule has 0 saturated carbocycles. The molecule has 0 bridgehead atoms. The highest BCUT2D eigenvalue weighted by Gasteiger charge is 2.06. The number of aromatic nitrogens is 3. The molecule has 0 aliphatic heterocycles. The average molecular weight is 182 g/mol. The molecule has 1 heterocycles. The van der Waals surface area contributed by atoms with Crippen molar-refractivity contribution in [3.63, 3.8) is 0 Å². The maximum Gasteiger partial charge on any atom is 0.133 e. The fraction of sp³-hybridized carbons (Fsp3) is 0.778. The lowest BCUT2D eigenvalue weighted by Gasteiger charge is -2.06. The molecular weight excluding hydrogens is 164 g/mol. The van der Waals surface area contributed by atoms with Crippen LogP contribution in [0.3, 0.4) is 0 Å². The summed E-state index contributed by atoms with van der Waals surface area (Å²) >= 11 is 0. The Morgan fingerprint density at radius 2 is 2.15 bits per heavy atom. The quantitative estimate of drug-likeness (QED) is 0.731. The molecule has 4 nitrogen and oxygen atoms in total. The molecule has 4 heteroatoms. The first-order chi connectivity index (χ1) is 6.29. The second kappa shape index (κ2) is 4.97. The number of aryl methyl sites for hydroxylation is 2. The van der Waals surface area contributed by atoms with Crippen molar-refractivity contribution in [1.29, 1.82) is 0 Å². The summed E-state index contributed by atoms with van der Waals surface area (Å²) in [6, 6.07) is 0. The molecule has 0 fully saturated rings. The normalized spacial score (nSPS) is 10.7. The Bertz CT molecular complexity index is 254. The molecule has 1 rings (SSSR count). The largest absolute Gasteiger partial charge is 0.318 e. The van der Waals surface area contributed by atoms with Gasteiger partial charge in [0.2, 0.25) is 0 Å². The van der Waals surface area contributed by atoms with Crippen molar-refractivity contribution in [3.8, 4) is 0 Å². The molecule has 1 N–H and O–H groups in total. The second-order valence-corrected chi connectivity index (χ2v) is 3.17. The van der Waals surface area contributed by atoms with E-state index in [0.29, 0.717) is 0 Å². The van der Waals surface area contributed by atoms with Crippen molar-refractivity contribution < 1.29 is 0 Å². The summed E-state index contributed by atoms with van der Waals surface area (Å²) in [6.45, 7) is 6.09. The van der Waals surface area contributed by atoms with E-state index in [9.17, 15) is 0 Å². The fourth-order valence-electron chi connectivity index (χ4n) is 1.35. The van der Waals surface area contributed by atoms with E-state index in [4.69, 9.17) is 0 Å². The fourth-order valence-corrected chi connectivity index (χ4v) is 1.35. The van der Waals surface area contributed by atoms with Crippen LogP contribution in [-0.2, 0) is 13.0 Å². The molecule has 0 aliphatic rings. The van der Waals surface area contributed by atoms with Crippen molar-refractivity contribution >= 4 is 0 Å². The van der Waals surface area contributed by atoms with Crippen molar-refractivity contribution in [2.75, 3.05) is 13.6 Å². The third-order valence-corrected chi connectivity index (χ3v) is 2.07. The molecule has 0 spiro atoms. The van der Waals surface area contributed by atoms with Gasteiger partial charge in [-0.05, 0) is 20.4 Å². The molecule has 1 aromatic rings. The molecule has 0 atom stereocenters. The van der Waals surface area contributed by atoms with Gasteiger partial charge >= 0.3 is 0 Å². The van der Waals surface area contributed by atoms with Crippen molar-refractivity contribution in [2.45, 2.75) is 33.2 Å². The van der Waals surface area contributed by atoms with Gasteiger partial charge in [0.25, 0.3) is 0 Å². The summed E-state index contributed by atoms with van der Waals surface area (Å²) in [5.74, 6) is 2.12. The molecule has 0 aromatic carbocycles. The van der Waals surface area contributed by atoms with Gasteiger partial charge in [0.1, 0.15) is 11.6 Å². The zero-order valence-corrected chi connectivity index (χ0v) is 8.67. The standard InChI is InChI=1S/C9H18N4/c1-4-5-9-12-11-8(2)13(9)7-6-10-3/h10H,4-7H2,1-3H3. The molecule has 0 unspecified atom stereocenters. The van der Waals surface area contributed by atoms with E-state index in [1.807, 2.05) is 14.0 Å². The van der Waals surface area contributed by atoms with E-state index in [1.54, 1.807) is 0 Å². The highest BCUT2D eigenvalue weighted by Crippen LogP contribution is 2.02. The van der Waals surface area contributed by atoms with Crippen LogP contribution in [0.25, 0.3) is 0 Å². The van der Waals surface area contributed by atoms with Gasteiger partial charge in [0.05, 0.1) is 0 Å². The third kappa shape index (κ3) is 2.52. The first kappa shape index (κ1) is 10.2. The number of hydrogen-bond donors (Lipinski definition) is 1. The van der Waals surface area contributed by atoms with Gasteiger partial charge < -0.3 is 9.88 Å². The SMILES string of the molecule is CCCc1nnc(C)n1CCNC. The van der Waals surface area contributed by atoms with Gasteiger partial charge in [-0.3, -0.25) is 0 Å². The molecule has 13 heavy (non-hydrogen) atoms. The van der Waals surface area contributed by atoms with E-state index in [-0.39, 0.29) is 0 Å². The summed E-state index contributed by atoms with van der Waals surface area (Å²) in [7, 11) is 1.96. The predicted molar refractivity (Wildman–Crippen MR) is 52.7 cm³/mol. The van der Waals surface area contributed by atoms with Gasteiger partial charge in [0.15, 0.2) is 0 Å². The molecule has 0 radical (unpaired) electrons.